The van der Waals surface area contributed by atoms with Crippen molar-refractivity contribution in [2.75, 3.05) is 19.8 Å². The van der Waals surface area contributed by atoms with Gasteiger partial charge < -0.3 is 25.4 Å². The standard InChI is InChI=1S/C12H19N3O5/c1-7(10(16)14-8-2-3-8)13-12(19)15-4-5-20-6-9(15)11(17)18/h7-9H,2-6H2,1H3,(H,13,19)(H,14,16)(H,17,18). The molecule has 3 amide bonds. The zero-order valence-corrected chi connectivity index (χ0v) is 11.3. The number of carbonyl (C=O) groups excluding carboxylic acids is 2. The summed E-state index contributed by atoms with van der Waals surface area (Å²) in [5, 5.41) is 14.4. The Morgan fingerprint density at radius 3 is 2.65 bits per heavy atom. The highest BCUT2D eigenvalue weighted by molar-refractivity contribution is 5.88. The van der Waals surface area contributed by atoms with E-state index in [4.69, 9.17) is 9.84 Å². The fourth-order valence-corrected chi connectivity index (χ4v) is 1.94. The number of morpholine rings is 1. The van der Waals surface area contributed by atoms with E-state index in [1.54, 1.807) is 6.92 Å². The molecule has 0 bridgehead atoms. The van der Waals surface area contributed by atoms with Crippen molar-refractivity contribution in [3.05, 3.63) is 0 Å². The molecule has 0 aromatic carbocycles. The smallest absolute Gasteiger partial charge is 0.328 e. The summed E-state index contributed by atoms with van der Waals surface area (Å²) in [5.74, 6) is -1.36. The molecule has 2 aliphatic rings. The molecule has 1 saturated heterocycles. The van der Waals surface area contributed by atoms with Gasteiger partial charge in [-0.05, 0) is 19.8 Å². The van der Waals surface area contributed by atoms with E-state index in [0.717, 1.165) is 12.8 Å². The first kappa shape index (κ1) is 14.6. The van der Waals surface area contributed by atoms with Crippen molar-refractivity contribution in [3.63, 3.8) is 0 Å². The highest BCUT2D eigenvalue weighted by Gasteiger charge is 2.34. The van der Waals surface area contributed by atoms with Crippen LogP contribution < -0.4 is 10.6 Å². The number of amides is 3. The summed E-state index contributed by atoms with van der Waals surface area (Å²) in [4.78, 5) is 36.0. The lowest BCUT2D eigenvalue weighted by Gasteiger charge is -2.33. The van der Waals surface area contributed by atoms with Gasteiger partial charge in [0.2, 0.25) is 5.91 Å². The van der Waals surface area contributed by atoms with Crippen LogP contribution in [0.2, 0.25) is 0 Å². The van der Waals surface area contributed by atoms with E-state index in [-0.39, 0.29) is 25.1 Å². The van der Waals surface area contributed by atoms with Gasteiger partial charge in [0.1, 0.15) is 6.04 Å². The summed E-state index contributed by atoms with van der Waals surface area (Å²) in [6, 6.07) is -2.04. The quantitative estimate of drug-likeness (QED) is 0.623. The largest absolute Gasteiger partial charge is 0.480 e. The van der Waals surface area contributed by atoms with Gasteiger partial charge in [-0.25, -0.2) is 9.59 Å². The summed E-state index contributed by atoms with van der Waals surface area (Å²) in [7, 11) is 0. The highest BCUT2D eigenvalue weighted by Crippen LogP contribution is 2.18. The van der Waals surface area contributed by atoms with E-state index in [1.165, 1.54) is 4.90 Å². The minimum atomic E-state index is -1.12. The Labute approximate surface area is 116 Å². The van der Waals surface area contributed by atoms with Crippen LogP contribution in [0.15, 0.2) is 0 Å². The second-order valence-electron chi connectivity index (χ2n) is 5.08. The Hall–Kier alpha value is -1.83. The van der Waals surface area contributed by atoms with Gasteiger partial charge in [-0.2, -0.15) is 0 Å². The number of hydrogen-bond donors (Lipinski definition) is 3. The number of hydrogen-bond acceptors (Lipinski definition) is 4. The lowest BCUT2D eigenvalue weighted by molar-refractivity contribution is -0.147. The Morgan fingerprint density at radius 2 is 2.05 bits per heavy atom. The second kappa shape index (κ2) is 6.08. The van der Waals surface area contributed by atoms with Crippen molar-refractivity contribution in [1.82, 2.24) is 15.5 Å². The lowest BCUT2D eigenvalue weighted by atomic mass is 10.2. The van der Waals surface area contributed by atoms with Crippen LogP contribution in [0.5, 0.6) is 0 Å². The van der Waals surface area contributed by atoms with Crippen LogP contribution in [-0.2, 0) is 14.3 Å². The molecule has 0 aromatic rings. The van der Waals surface area contributed by atoms with Crippen LogP contribution >= 0.6 is 0 Å². The molecule has 0 aromatic heterocycles. The maximum absolute atomic E-state index is 12.0. The molecule has 1 saturated carbocycles. The van der Waals surface area contributed by atoms with E-state index >= 15 is 0 Å². The molecule has 8 nitrogen and oxygen atoms in total. The third-order valence-corrected chi connectivity index (χ3v) is 3.33. The summed E-state index contributed by atoms with van der Waals surface area (Å²) in [6.07, 6.45) is 1.94. The molecule has 112 valence electrons. The Morgan fingerprint density at radius 1 is 1.35 bits per heavy atom. The second-order valence-corrected chi connectivity index (χ2v) is 5.08. The first-order valence-electron chi connectivity index (χ1n) is 6.67. The van der Waals surface area contributed by atoms with Crippen LogP contribution in [-0.4, -0.2) is 65.8 Å². The lowest BCUT2D eigenvalue weighted by Crippen LogP contribution is -2.58. The SMILES string of the molecule is CC(NC(=O)N1CCOCC1C(=O)O)C(=O)NC1CC1. The molecule has 1 aliphatic carbocycles. The van der Waals surface area contributed by atoms with Crippen molar-refractivity contribution in [2.45, 2.75) is 37.9 Å². The molecule has 20 heavy (non-hydrogen) atoms. The average Bonchev–Trinajstić information content (AvgIpc) is 3.22. The van der Waals surface area contributed by atoms with E-state index in [9.17, 15) is 14.4 Å². The fraction of sp³-hybridized carbons (Fsp3) is 0.750. The molecule has 0 radical (unpaired) electrons. The van der Waals surface area contributed by atoms with E-state index < -0.39 is 24.1 Å². The molecule has 2 rings (SSSR count). The number of carboxylic acid groups (broad SMARTS) is 1. The number of carboxylic acids is 1. The molecule has 3 N–H and O–H groups in total. The minimum absolute atomic E-state index is 0.0363. The molecule has 8 heteroatoms. The van der Waals surface area contributed by atoms with Gasteiger partial charge >= 0.3 is 12.0 Å². The predicted molar refractivity (Wildman–Crippen MR) is 68.1 cm³/mol. The molecular weight excluding hydrogens is 266 g/mol. The number of aliphatic carboxylic acids is 1. The fourth-order valence-electron chi connectivity index (χ4n) is 1.94. The van der Waals surface area contributed by atoms with Crippen molar-refractivity contribution in [2.24, 2.45) is 0 Å². The van der Waals surface area contributed by atoms with Gasteiger partial charge in [-0.15, -0.1) is 0 Å². The molecule has 2 atom stereocenters. The van der Waals surface area contributed by atoms with Gasteiger partial charge in [-0.1, -0.05) is 0 Å². The molecular formula is C12H19N3O5. The molecule has 2 fully saturated rings. The Kier molecular flexibility index (Phi) is 4.43. The van der Waals surface area contributed by atoms with Crippen LogP contribution in [0.3, 0.4) is 0 Å². The summed E-state index contributed by atoms with van der Waals surface area (Å²) in [5.41, 5.74) is 0. The number of urea groups is 1. The van der Waals surface area contributed by atoms with Crippen molar-refractivity contribution >= 4 is 17.9 Å². The number of nitrogens with zero attached hydrogens (tertiary/aromatic N) is 1. The predicted octanol–water partition coefficient (Wildman–Crippen LogP) is -0.851. The monoisotopic (exact) mass is 285 g/mol. The topological polar surface area (TPSA) is 108 Å². The van der Waals surface area contributed by atoms with Gasteiger partial charge in [0.05, 0.1) is 13.2 Å². The van der Waals surface area contributed by atoms with Gasteiger partial charge in [-0.3, -0.25) is 4.79 Å². The zero-order chi connectivity index (χ0) is 14.7. The third-order valence-electron chi connectivity index (χ3n) is 3.33. The molecule has 2 unspecified atom stereocenters. The summed E-state index contributed by atoms with van der Waals surface area (Å²) >= 11 is 0. The maximum atomic E-state index is 12.0. The van der Waals surface area contributed by atoms with Gasteiger partial charge in [0, 0.05) is 12.6 Å². The first-order valence-corrected chi connectivity index (χ1v) is 6.67. The normalized spacial score (nSPS) is 23.9. The highest BCUT2D eigenvalue weighted by atomic mass is 16.5. The number of rotatable bonds is 4. The third kappa shape index (κ3) is 3.60. The minimum Gasteiger partial charge on any atom is -0.480 e. The van der Waals surface area contributed by atoms with E-state index in [1.807, 2.05) is 0 Å². The average molecular weight is 285 g/mol. The Balaban J connectivity index is 1.88. The van der Waals surface area contributed by atoms with Crippen molar-refractivity contribution < 1.29 is 24.2 Å². The molecule has 1 heterocycles. The molecule has 1 aliphatic heterocycles. The van der Waals surface area contributed by atoms with Gasteiger partial charge in [0.25, 0.3) is 0 Å². The van der Waals surface area contributed by atoms with Gasteiger partial charge in [0.15, 0.2) is 6.04 Å². The number of ether oxygens (including phenoxy) is 1. The van der Waals surface area contributed by atoms with Crippen LogP contribution in [0.25, 0.3) is 0 Å². The number of carbonyl (C=O) groups is 3. The van der Waals surface area contributed by atoms with Crippen LogP contribution in [0.1, 0.15) is 19.8 Å². The Bertz CT molecular complexity index is 410. The van der Waals surface area contributed by atoms with E-state index in [0.29, 0.717) is 6.61 Å². The van der Waals surface area contributed by atoms with Crippen LogP contribution in [0.4, 0.5) is 4.79 Å². The molecule has 0 spiro atoms. The van der Waals surface area contributed by atoms with Crippen molar-refractivity contribution in [3.8, 4) is 0 Å². The van der Waals surface area contributed by atoms with Crippen LogP contribution in [0, 0.1) is 0 Å². The maximum Gasteiger partial charge on any atom is 0.328 e. The summed E-state index contributed by atoms with van der Waals surface area (Å²) < 4.78 is 5.06. The number of nitrogens with one attached hydrogen (secondary N) is 2. The van der Waals surface area contributed by atoms with E-state index in [2.05, 4.69) is 10.6 Å². The first-order chi connectivity index (χ1) is 9.49. The zero-order valence-electron chi connectivity index (χ0n) is 11.3. The summed E-state index contributed by atoms with van der Waals surface area (Å²) in [6.45, 7) is 2.02. The van der Waals surface area contributed by atoms with Crippen molar-refractivity contribution in [1.29, 1.82) is 0 Å².